The van der Waals surface area contributed by atoms with E-state index in [0.29, 0.717) is 23.6 Å². The number of carbonyl (C=O) groups excluding carboxylic acids is 2. The molecule has 2 fully saturated rings. The Balaban J connectivity index is 1.15. The molecule has 3 aromatic carbocycles. The van der Waals surface area contributed by atoms with Gasteiger partial charge >= 0.3 is 0 Å². The van der Waals surface area contributed by atoms with Crippen LogP contribution in [0, 0.1) is 11.3 Å². The van der Waals surface area contributed by atoms with Crippen molar-refractivity contribution < 1.29 is 9.59 Å². The predicted molar refractivity (Wildman–Crippen MR) is 167 cm³/mol. The molecule has 0 atom stereocenters. The highest BCUT2D eigenvalue weighted by Crippen LogP contribution is 2.49. The van der Waals surface area contributed by atoms with Gasteiger partial charge in [0.15, 0.2) is 0 Å². The van der Waals surface area contributed by atoms with Gasteiger partial charge in [-0.25, -0.2) is 4.98 Å². The van der Waals surface area contributed by atoms with Crippen molar-refractivity contribution in [2.45, 2.75) is 57.9 Å². The summed E-state index contributed by atoms with van der Waals surface area (Å²) in [5.74, 6) is 1.62. The Morgan fingerprint density at radius 1 is 1.05 bits per heavy atom. The number of halogens is 2. The van der Waals surface area contributed by atoms with Gasteiger partial charge in [0.1, 0.15) is 5.82 Å². The minimum absolute atomic E-state index is 0.169. The molecule has 2 saturated carbocycles. The van der Waals surface area contributed by atoms with Crippen LogP contribution in [0.4, 0.5) is 5.69 Å². The highest BCUT2D eigenvalue weighted by atomic mass is 79.9. The molecule has 0 unspecified atom stereocenters. The molecule has 0 saturated heterocycles. The number of hydrogen-bond donors (Lipinski definition) is 2. The van der Waals surface area contributed by atoms with Crippen molar-refractivity contribution in [2.75, 3.05) is 5.32 Å². The van der Waals surface area contributed by atoms with Gasteiger partial charge in [-0.1, -0.05) is 65.3 Å². The Kier molecular flexibility index (Phi) is 7.92. The zero-order valence-corrected chi connectivity index (χ0v) is 25.5. The summed E-state index contributed by atoms with van der Waals surface area (Å²) in [7, 11) is 1.98. The van der Waals surface area contributed by atoms with Gasteiger partial charge in [-0.05, 0) is 84.8 Å². The maximum absolute atomic E-state index is 13.3. The van der Waals surface area contributed by atoms with E-state index in [-0.39, 0.29) is 17.2 Å². The minimum Gasteiger partial charge on any atom is -0.352 e. The van der Waals surface area contributed by atoms with Crippen molar-refractivity contribution in [3.8, 4) is 0 Å². The van der Waals surface area contributed by atoms with Crippen molar-refractivity contribution in [3.63, 3.8) is 0 Å². The van der Waals surface area contributed by atoms with E-state index in [2.05, 4.69) is 32.6 Å². The number of aromatic nitrogens is 2. The first-order valence-electron chi connectivity index (χ1n) is 14.4. The molecule has 6 nitrogen and oxygen atoms in total. The first-order chi connectivity index (χ1) is 19.8. The SMILES string of the molecule is Cn1c(Cc2cc(CNC(=O)C3(CC4CC4)CCCC3)ccc2Cl)nc2cc(C(=O)Nc3ccc(Br)cc3)ccc21. The first-order valence-corrected chi connectivity index (χ1v) is 15.5. The fourth-order valence-electron chi connectivity index (χ4n) is 6.15. The largest absolute Gasteiger partial charge is 0.352 e. The second kappa shape index (κ2) is 11.6. The summed E-state index contributed by atoms with van der Waals surface area (Å²) in [6.07, 6.45) is 8.48. The van der Waals surface area contributed by atoms with E-state index < -0.39 is 0 Å². The molecule has 2 amide bonds. The molecule has 1 aromatic heterocycles. The van der Waals surface area contributed by atoms with Crippen LogP contribution < -0.4 is 10.6 Å². The van der Waals surface area contributed by atoms with Crippen LogP contribution in [0.2, 0.25) is 5.02 Å². The number of hydrogen-bond acceptors (Lipinski definition) is 3. The molecule has 1 heterocycles. The quantitative estimate of drug-likeness (QED) is 0.197. The van der Waals surface area contributed by atoms with E-state index >= 15 is 0 Å². The standard InChI is InChI=1S/C33H34BrClN4O2/c1-39-29-13-7-23(31(40)37-26-10-8-25(34)9-11-26)17-28(29)38-30(39)18-24-16-22(6-12-27(24)35)20-36-32(41)33(14-2-3-15-33)19-21-4-5-21/h6-13,16-17,21H,2-5,14-15,18-20H2,1H3,(H,36,41)(H,37,40). The zero-order chi connectivity index (χ0) is 28.6. The summed E-state index contributed by atoms with van der Waals surface area (Å²) in [5, 5.41) is 6.86. The number of aryl methyl sites for hydroxylation is 1. The summed E-state index contributed by atoms with van der Waals surface area (Å²) in [6.45, 7) is 0.495. The number of fused-ring (bicyclic) bond motifs is 1. The lowest BCUT2D eigenvalue weighted by Gasteiger charge is -2.28. The van der Waals surface area contributed by atoms with Crippen LogP contribution in [0.3, 0.4) is 0 Å². The van der Waals surface area contributed by atoms with E-state index in [9.17, 15) is 9.59 Å². The molecule has 6 rings (SSSR count). The average Bonchev–Trinajstić information content (AvgIpc) is 3.55. The lowest BCUT2D eigenvalue weighted by Crippen LogP contribution is -2.39. The molecule has 2 aliphatic rings. The van der Waals surface area contributed by atoms with Crippen molar-refractivity contribution in [2.24, 2.45) is 18.4 Å². The van der Waals surface area contributed by atoms with Gasteiger partial charge in [0.2, 0.25) is 5.91 Å². The van der Waals surface area contributed by atoms with Gasteiger partial charge in [-0.3, -0.25) is 9.59 Å². The van der Waals surface area contributed by atoms with Crippen molar-refractivity contribution in [1.82, 2.24) is 14.9 Å². The molecule has 2 N–H and O–H groups in total. The molecule has 0 radical (unpaired) electrons. The van der Waals surface area contributed by atoms with Gasteiger partial charge in [0.05, 0.1) is 11.0 Å². The lowest BCUT2D eigenvalue weighted by molar-refractivity contribution is -0.131. The topological polar surface area (TPSA) is 76.0 Å². The highest BCUT2D eigenvalue weighted by Gasteiger charge is 2.44. The van der Waals surface area contributed by atoms with Gasteiger partial charge < -0.3 is 15.2 Å². The van der Waals surface area contributed by atoms with Crippen LogP contribution in [-0.2, 0) is 24.8 Å². The Hall–Kier alpha value is -3.16. The number of anilines is 1. The summed E-state index contributed by atoms with van der Waals surface area (Å²) in [5.41, 5.74) is 4.79. The monoisotopic (exact) mass is 632 g/mol. The average molecular weight is 634 g/mol. The van der Waals surface area contributed by atoms with E-state index in [0.717, 1.165) is 76.2 Å². The molecular formula is C33H34BrClN4O2. The minimum atomic E-state index is -0.185. The maximum Gasteiger partial charge on any atom is 0.255 e. The molecule has 41 heavy (non-hydrogen) atoms. The zero-order valence-electron chi connectivity index (χ0n) is 23.2. The number of nitrogens with zero attached hydrogens (tertiary/aromatic N) is 2. The third-order valence-corrected chi connectivity index (χ3v) is 9.57. The van der Waals surface area contributed by atoms with Gasteiger partial charge in [0.25, 0.3) is 5.91 Å². The van der Waals surface area contributed by atoms with Crippen LogP contribution in [0.25, 0.3) is 11.0 Å². The predicted octanol–water partition coefficient (Wildman–Crippen LogP) is 7.81. The molecular weight excluding hydrogens is 600 g/mol. The Morgan fingerprint density at radius 2 is 1.80 bits per heavy atom. The second-order valence-corrected chi connectivity index (χ2v) is 13.0. The molecule has 4 aromatic rings. The smallest absolute Gasteiger partial charge is 0.255 e. The normalized spacial score (nSPS) is 16.2. The number of carbonyl (C=O) groups is 2. The summed E-state index contributed by atoms with van der Waals surface area (Å²) >= 11 is 10.0. The van der Waals surface area contributed by atoms with Crippen molar-refractivity contribution in [3.05, 3.63) is 92.7 Å². The lowest BCUT2D eigenvalue weighted by atomic mass is 9.80. The molecule has 8 heteroatoms. The van der Waals surface area contributed by atoms with E-state index in [1.165, 1.54) is 12.8 Å². The summed E-state index contributed by atoms with van der Waals surface area (Å²) in [4.78, 5) is 31.0. The fourth-order valence-corrected chi connectivity index (χ4v) is 6.60. The number of benzene rings is 3. The first kappa shape index (κ1) is 28.0. The molecule has 2 aliphatic carbocycles. The Bertz CT molecular complexity index is 1600. The number of nitrogens with one attached hydrogen (secondary N) is 2. The van der Waals surface area contributed by atoms with E-state index in [4.69, 9.17) is 16.6 Å². The Labute approximate surface area is 254 Å². The number of rotatable bonds is 9. The van der Waals surface area contributed by atoms with E-state index in [1.807, 2.05) is 66.2 Å². The van der Waals surface area contributed by atoms with E-state index in [1.54, 1.807) is 0 Å². The maximum atomic E-state index is 13.3. The molecule has 0 bridgehead atoms. The third-order valence-electron chi connectivity index (χ3n) is 8.67. The molecule has 0 aliphatic heterocycles. The second-order valence-electron chi connectivity index (χ2n) is 11.7. The van der Waals surface area contributed by atoms with Crippen LogP contribution >= 0.6 is 27.5 Å². The Morgan fingerprint density at radius 3 is 2.54 bits per heavy atom. The van der Waals surface area contributed by atoms with Crippen molar-refractivity contribution in [1.29, 1.82) is 0 Å². The molecule has 212 valence electrons. The van der Waals surface area contributed by atoms with Crippen LogP contribution in [0.5, 0.6) is 0 Å². The van der Waals surface area contributed by atoms with Gasteiger partial charge in [-0.15, -0.1) is 0 Å². The van der Waals surface area contributed by atoms with Gasteiger partial charge in [-0.2, -0.15) is 0 Å². The fraction of sp³-hybridized carbons (Fsp3) is 0.364. The molecule has 0 spiro atoms. The third kappa shape index (κ3) is 6.21. The highest BCUT2D eigenvalue weighted by molar-refractivity contribution is 9.10. The number of imidazole rings is 1. The van der Waals surface area contributed by atoms with Crippen LogP contribution in [-0.4, -0.2) is 21.4 Å². The summed E-state index contributed by atoms with van der Waals surface area (Å²) < 4.78 is 2.99. The number of amides is 2. The van der Waals surface area contributed by atoms with Crippen LogP contribution in [0.15, 0.2) is 65.1 Å². The van der Waals surface area contributed by atoms with Crippen molar-refractivity contribution >= 4 is 56.1 Å². The summed E-state index contributed by atoms with van der Waals surface area (Å²) in [6, 6.07) is 19.0. The van der Waals surface area contributed by atoms with Crippen LogP contribution in [0.1, 0.15) is 72.3 Å². The van der Waals surface area contributed by atoms with Gasteiger partial charge in [0, 0.05) is 46.2 Å².